The summed E-state index contributed by atoms with van der Waals surface area (Å²) in [6.45, 7) is 8.14. The number of Topliss-reactive ketones (excluding diaryl/α,β-unsaturated/α-hetero) is 1. The summed E-state index contributed by atoms with van der Waals surface area (Å²) in [5.41, 5.74) is -1.33. The first-order valence-corrected chi connectivity index (χ1v) is 16.9. The fourth-order valence-electron chi connectivity index (χ4n) is 10.0. The van der Waals surface area contributed by atoms with Gasteiger partial charge in [0.05, 0.1) is 18.4 Å². The molecule has 250 valence electrons. The molecule has 5 rings (SSSR count). The van der Waals surface area contributed by atoms with E-state index in [0.29, 0.717) is 50.5 Å². The molecule has 0 spiro atoms. The molecular weight excluding hydrogens is 578 g/mol. The number of carbonyl (C=O) groups is 5. The van der Waals surface area contributed by atoms with Crippen LogP contribution in [0.1, 0.15) is 111 Å². The van der Waals surface area contributed by atoms with Crippen LogP contribution in [0, 0.1) is 34.5 Å². The maximum absolute atomic E-state index is 13.5. The van der Waals surface area contributed by atoms with Crippen LogP contribution in [0.15, 0.2) is 11.6 Å². The first kappa shape index (κ1) is 33.8. The van der Waals surface area contributed by atoms with Crippen molar-refractivity contribution in [3.8, 4) is 0 Å². The summed E-state index contributed by atoms with van der Waals surface area (Å²) in [4.78, 5) is 62.4. The largest absolute Gasteiger partial charge is 0.481 e. The SMILES string of the molecule is CC1(C)C[C@H]([C@H](CC(=O)O)NC(=O)CCC(=O)OCC(=O)[C@@]2(O)CC[C@@H]3[C@@H]4CCC5=CC(=O)CC[C@]5(C)[C@@H]4CC[C@@]32C)CCO1. The number of rotatable bonds is 10. The van der Waals surface area contributed by atoms with Gasteiger partial charge in [-0.2, -0.15) is 0 Å². The first-order chi connectivity index (χ1) is 21.1. The molecule has 0 aromatic carbocycles. The standard InChI is InChI=1S/C35H51NO9/c1-32(2)19-21(12-16-45-32)27(18-30(40)41)36-29(39)7-8-31(42)44-20-28(38)35(43)15-11-26-24-6-5-22-17-23(37)9-13-33(22,3)25(24)10-14-34(26,35)4/h17,21,24-27,43H,5-16,18-20H2,1-4H3,(H,36,39)(H,40,41)/t21-,24-,25-,26-,27+,33+,34+,35+/m1/s1. The van der Waals surface area contributed by atoms with Gasteiger partial charge in [-0.1, -0.05) is 19.4 Å². The Morgan fingerprint density at radius 1 is 1.00 bits per heavy atom. The van der Waals surface area contributed by atoms with Crippen molar-refractivity contribution >= 4 is 29.4 Å². The molecule has 1 heterocycles. The number of carboxylic acid groups (broad SMARTS) is 1. The number of aliphatic carboxylic acids is 1. The van der Waals surface area contributed by atoms with Crippen LogP contribution >= 0.6 is 0 Å². The number of carbonyl (C=O) groups excluding carboxylic acids is 4. The Labute approximate surface area is 266 Å². The molecule has 1 saturated heterocycles. The maximum atomic E-state index is 13.5. The van der Waals surface area contributed by atoms with Gasteiger partial charge in [0.1, 0.15) is 5.60 Å². The van der Waals surface area contributed by atoms with E-state index in [1.54, 1.807) is 0 Å². The maximum Gasteiger partial charge on any atom is 0.306 e. The molecule has 4 aliphatic carbocycles. The van der Waals surface area contributed by atoms with Gasteiger partial charge in [-0.25, -0.2) is 0 Å². The minimum atomic E-state index is -1.58. The quantitative estimate of drug-likeness (QED) is 0.300. The number of amides is 1. The molecule has 10 heteroatoms. The molecule has 0 radical (unpaired) electrons. The number of aliphatic hydroxyl groups is 1. The summed E-state index contributed by atoms with van der Waals surface area (Å²) in [6, 6.07) is -0.578. The van der Waals surface area contributed by atoms with Gasteiger partial charge < -0.3 is 25.0 Å². The normalized spacial score (nSPS) is 37.7. The number of carboxylic acids is 1. The molecule has 8 atom stereocenters. The topological polar surface area (TPSA) is 156 Å². The van der Waals surface area contributed by atoms with Crippen molar-refractivity contribution in [3.63, 3.8) is 0 Å². The highest BCUT2D eigenvalue weighted by Gasteiger charge is 2.66. The van der Waals surface area contributed by atoms with Gasteiger partial charge in [0, 0.05) is 30.9 Å². The molecule has 3 saturated carbocycles. The minimum absolute atomic E-state index is 0.000254. The van der Waals surface area contributed by atoms with E-state index in [9.17, 15) is 34.2 Å². The Kier molecular flexibility index (Phi) is 9.41. The van der Waals surface area contributed by atoms with Gasteiger partial charge in [0.25, 0.3) is 0 Å². The predicted octanol–water partition coefficient (Wildman–Crippen LogP) is 4.31. The van der Waals surface area contributed by atoms with Crippen molar-refractivity contribution in [1.82, 2.24) is 5.32 Å². The van der Waals surface area contributed by atoms with E-state index in [-0.39, 0.29) is 42.3 Å². The van der Waals surface area contributed by atoms with Crippen LogP contribution in [0.4, 0.5) is 0 Å². The minimum Gasteiger partial charge on any atom is -0.481 e. The molecule has 10 nitrogen and oxygen atoms in total. The average Bonchev–Trinajstić information content (AvgIpc) is 3.25. The van der Waals surface area contributed by atoms with Crippen molar-refractivity contribution in [2.45, 2.75) is 128 Å². The summed E-state index contributed by atoms with van der Waals surface area (Å²) < 4.78 is 11.0. The number of fused-ring (bicyclic) bond motifs is 5. The van der Waals surface area contributed by atoms with Crippen LogP contribution in [0.3, 0.4) is 0 Å². The molecule has 1 aliphatic heterocycles. The predicted molar refractivity (Wildman–Crippen MR) is 164 cm³/mol. The second-order valence-corrected chi connectivity index (χ2v) is 15.5. The van der Waals surface area contributed by atoms with Gasteiger partial charge >= 0.3 is 11.9 Å². The van der Waals surface area contributed by atoms with E-state index in [1.165, 1.54) is 5.57 Å². The Morgan fingerprint density at radius 2 is 1.73 bits per heavy atom. The summed E-state index contributed by atoms with van der Waals surface area (Å²) in [5.74, 6) is -1.51. The van der Waals surface area contributed by atoms with Crippen molar-refractivity contribution in [1.29, 1.82) is 0 Å². The number of nitrogens with one attached hydrogen (secondary N) is 1. The molecule has 1 amide bonds. The molecule has 0 unspecified atom stereocenters. The van der Waals surface area contributed by atoms with Gasteiger partial charge in [0.2, 0.25) is 11.7 Å². The van der Waals surface area contributed by atoms with Crippen LogP contribution in [0.2, 0.25) is 0 Å². The van der Waals surface area contributed by atoms with Gasteiger partial charge in [-0.15, -0.1) is 0 Å². The van der Waals surface area contributed by atoms with Crippen molar-refractivity contribution in [2.24, 2.45) is 34.5 Å². The van der Waals surface area contributed by atoms with Gasteiger partial charge in [-0.3, -0.25) is 24.0 Å². The molecule has 0 bridgehead atoms. The molecule has 3 N–H and O–H groups in total. The lowest BCUT2D eigenvalue weighted by atomic mass is 9.46. The lowest BCUT2D eigenvalue weighted by molar-refractivity contribution is -0.170. The zero-order valence-electron chi connectivity index (χ0n) is 27.3. The number of hydrogen-bond acceptors (Lipinski definition) is 8. The highest BCUT2D eigenvalue weighted by atomic mass is 16.5. The number of ketones is 2. The Morgan fingerprint density at radius 3 is 2.44 bits per heavy atom. The van der Waals surface area contributed by atoms with Crippen LogP contribution in [-0.4, -0.2) is 70.1 Å². The number of hydrogen-bond donors (Lipinski definition) is 3. The lowest BCUT2D eigenvalue weighted by Gasteiger charge is -2.58. The zero-order valence-corrected chi connectivity index (χ0v) is 27.3. The van der Waals surface area contributed by atoms with Gasteiger partial charge in [-0.05, 0) is 107 Å². The van der Waals surface area contributed by atoms with Crippen LogP contribution < -0.4 is 5.32 Å². The third kappa shape index (κ3) is 6.51. The first-order valence-electron chi connectivity index (χ1n) is 16.9. The van der Waals surface area contributed by atoms with E-state index in [1.807, 2.05) is 26.8 Å². The summed E-state index contributed by atoms with van der Waals surface area (Å²) in [7, 11) is 0. The van der Waals surface area contributed by atoms with Crippen molar-refractivity contribution < 1.29 is 43.7 Å². The highest BCUT2D eigenvalue weighted by molar-refractivity contribution is 5.92. The molecule has 0 aromatic rings. The second-order valence-electron chi connectivity index (χ2n) is 15.5. The fraction of sp³-hybridized carbons (Fsp3) is 0.800. The Bertz CT molecular complexity index is 1260. The number of ether oxygens (including phenoxy) is 2. The van der Waals surface area contributed by atoms with Crippen LogP contribution in [0.5, 0.6) is 0 Å². The summed E-state index contributed by atoms with van der Waals surface area (Å²) in [5, 5.41) is 24.1. The third-order valence-corrected chi connectivity index (χ3v) is 12.5. The summed E-state index contributed by atoms with van der Waals surface area (Å²) in [6.07, 6.45) is 8.41. The third-order valence-electron chi connectivity index (χ3n) is 12.5. The van der Waals surface area contributed by atoms with Crippen LogP contribution in [-0.2, 0) is 33.4 Å². The van der Waals surface area contributed by atoms with Crippen molar-refractivity contribution in [3.05, 3.63) is 11.6 Å². The zero-order chi connectivity index (χ0) is 32.8. The number of esters is 1. The molecule has 0 aromatic heterocycles. The van der Waals surface area contributed by atoms with E-state index in [2.05, 4.69) is 12.2 Å². The Hall–Kier alpha value is -2.59. The molecular formula is C35H51NO9. The van der Waals surface area contributed by atoms with Crippen molar-refractivity contribution in [2.75, 3.05) is 13.2 Å². The number of allylic oxidation sites excluding steroid dienone is 1. The highest BCUT2D eigenvalue weighted by Crippen LogP contribution is 2.67. The smallest absolute Gasteiger partial charge is 0.306 e. The van der Waals surface area contributed by atoms with Gasteiger partial charge in [0.15, 0.2) is 12.4 Å². The lowest BCUT2D eigenvalue weighted by Crippen LogP contribution is -2.58. The van der Waals surface area contributed by atoms with E-state index in [0.717, 1.165) is 32.1 Å². The molecule has 45 heavy (non-hydrogen) atoms. The Balaban J connectivity index is 1.13. The van der Waals surface area contributed by atoms with E-state index < -0.39 is 52.9 Å². The summed E-state index contributed by atoms with van der Waals surface area (Å²) >= 11 is 0. The average molecular weight is 630 g/mol. The molecule has 4 fully saturated rings. The molecule has 5 aliphatic rings. The second kappa shape index (κ2) is 12.5. The fourth-order valence-corrected chi connectivity index (χ4v) is 10.0. The van der Waals surface area contributed by atoms with E-state index in [4.69, 9.17) is 9.47 Å². The van der Waals surface area contributed by atoms with Crippen LogP contribution in [0.25, 0.3) is 0 Å². The van der Waals surface area contributed by atoms with E-state index >= 15 is 0 Å². The monoisotopic (exact) mass is 629 g/mol.